The Labute approximate surface area is 68.8 Å². The van der Waals surface area contributed by atoms with E-state index in [-0.39, 0.29) is 11.5 Å². The SMILES string of the molecule is CC1(C)[C@@H]2CCC1(C)[C@@H](O)C2. The van der Waals surface area contributed by atoms with Gasteiger partial charge in [0.25, 0.3) is 0 Å². The van der Waals surface area contributed by atoms with E-state index in [1.165, 1.54) is 12.8 Å². The lowest BCUT2D eigenvalue weighted by atomic mass is 9.70. The van der Waals surface area contributed by atoms with E-state index >= 15 is 0 Å². The molecule has 64 valence electrons. The fourth-order valence-electron chi connectivity index (χ4n) is 3.16. The molecule has 0 aromatic heterocycles. The lowest BCUT2D eigenvalue weighted by molar-refractivity contribution is 0.0126. The monoisotopic (exact) mass is 154 g/mol. The summed E-state index contributed by atoms with van der Waals surface area (Å²) in [5.74, 6) is 0.780. The van der Waals surface area contributed by atoms with Crippen LogP contribution in [0.25, 0.3) is 0 Å². The highest BCUT2D eigenvalue weighted by molar-refractivity contribution is 5.10. The molecule has 2 aliphatic rings. The summed E-state index contributed by atoms with van der Waals surface area (Å²) >= 11 is 0. The third-order valence-corrected chi connectivity index (χ3v) is 4.75. The summed E-state index contributed by atoms with van der Waals surface area (Å²) in [5.41, 5.74) is 0.601. The second-order valence-electron chi connectivity index (χ2n) is 5.13. The number of aliphatic hydroxyl groups excluding tert-OH is 1. The van der Waals surface area contributed by atoms with Crippen molar-refractivity contribution in [3.05, 3.63) is 0 Å². The van der Waals surface area contributed by atoms with Gasteiger partial charge in [-0.05, 0) is 36.0 Å². The molecule has 0 radical (unpaired) electrons. The summed E-state index contributed by atoms with van der Waals surface area (Å²) in [5, 5.41) is 9.81. The Balaban J connectivity index is 2.40. The molecule has 0 aromatic carbocycles. The molecule has 1 N–H and O–H groups in total. The first-order valence-corrected chi connectivity index (χ1v) is 4.66. The van der Waals surface area contributed by atoms with E-state index in [0.29, 0.717) is 5.41 Å². The molecule has 0 heterocycles. The van der Waals surface area contributed by atoms with Gasteiger partial charge in [0.15, 0.2) is 0 Å². The first-order chi connectivity index (χ1) is 4.98. The smallest absolute Gasteiger partial charge is 0.0601 e. The van der Waals surface area contributed by atoms with Crippen LogP contribution in [0.2, 0.25) is 0 Å². The van der Waals surface area contributed by atoms with E-state index < -0.39 is 0 Å². The van der Waals surface area contributed by atoms with Crippen molar-refractivity contribution in [2.45, 2.75) is 46.1 Å². The standard InChI is InChI=1S/C10H18O/c1-9(2)7-4-5-10(9,3)8(11)6-7/h7-8,11H,4-6H2,1-3H3/t7-,8+,10?/m1/s1. The Bertz CT molecular complexity index is 185. The van der Waals surface area contributed by atoms with Crippen LogP contribution in [0.15, 0.2) is 0 Å². The summed E-state index contributed by atoms with van der Waals surface area (Å²) < 4.78 is 0. The first kappa shape index (κ1) is 7.60. The van der Waals surface area contributed by atoms with Crippen molar-refractivity contribution in [1.29, 1.82) is 0 Å². The fraction of sp³-hybridized carbons (Fsp3) is 1.00. The second kappa shape index (κ2) is 1.82. The van der Waals surface area contributed by atoms with Crippen molar-refractivity contribution in [2.24, 2.45) is 16.7 Å². The van der Waals surface area contributed by atoms with Crippen LogP contribution >= 0.6 is 0 Å². The zero-order valence-corrected chi connectivity index (χ0v) is 7.72. The molecule has 3 atom stereocenters. The van der Waals surface area contributed by atoms with E-state index in [0.717, 1.165) is 12.3 Å². The molecule has 1 nitrogen and oxygen atoms in total. The summed E-state index contributed by atoms with van der Waals surface area (Å²) in [4.78, 5) is 0. The van der Waals surface area contributed by atoms with E-state index in [1.54, 1.807) is 0 Å². The highest BCUT2D eigenvalue weighted by Crippen LogP contribution is 2.65. The largest absolute Gasteiger partial charge is 0.393 e. The van der Waals surface area contributed by atoms with Gasteiger partial charge in [-0.25, -0.2) is 0 Å². The van der Waals surface area contributed by atoms with Crippen LogP contribution in [-0.4, -0.2) is 11.2 Å². The second-order valence-corrected chi connectivity index (χ2v) is 5.13. The first-order valence-electron chi connectivity index (χ1n) is 4.66. The average molecular weight is 154 g/mol. The minimum atomic E-state index is -0.0313. The Kier molecular flexibility index (Phi) is 1.26. The van der Waals surface area contributed by atoms with Crippen LogP contribution in [0.5, 0.6) is 0 Å². The van der Waals surface area contributed by atoms with Gasteiger partial charge in [0.2, 0.25) is 0 Å². The Morgan fingerprint density at radius 2 is 1.91 bits per heavy atom. The van der Waals surface area contributed by atoms with Gasteiger partial charge < -0.3 is 5.11 Å². The third kappa shape index (κ3) is 0.658. The molecule has 0 aliphatic heterocycles. The predicted octanol–water partition coefficient (Wildman–Crippen LogP) is 2.19. The van der Waals surface area contributed by atoms with Crippen LogP contribution < -0.4 is 0 Å². The lowest BCUT2D eigenvalue weighted by Crippen LogP contribution is -2.35. The highest BCUT2D eigenvalue weighted by Gasteiger charge is 2.60. The van der Waals surface area contributed by atoms with Gasteiger partial charge in [-0.1, -0.05) is 20.8 Å². The minimum absolute atomic E-state index is 0.0313. The van der Waals surface area contributed by atoms with Crippen LogP contribution in [0.3, 0.4) is 0 Å². The fourth-order valence-corrected chi connectivity index (χ4v) is 3.16. The maximum Gasteiger partial charge on any atom is 0.0601 e. The lowest BCUT2D eigenvalue weighted by Gasteiger charge is -2.36. The Morgan fingerprint density at radius 1 is 1.27 bits per heavy atom. The highest BCUT2D eigenvalue weighted by atomic mass is 16.3. The van der Waals surface area contributed by atoms with Gasteiger partial charge in [0, 0.05) is 0 Å². The molecule has 1 heteroatoms. The third-order valence-electron chi connectivity index (χ3n) is 4.75. The van der Waals surface area contributed by atoms with Crippen molar-refractivity contribution in [1.82, 2.24) is 0 Å². The molecule has 11 heavy (non-hydrogen) atoms. The zero-order chi connectivity index (χ0) is 8.28. The predicted molar refractivity (Wildman–Crippen MR) is 45.2 cm³/mol. The molecule has 0 amide bonds. The maximum absolute atomic E-state index is 9.81. The van der Waals surface area contributed by atoms with Crippen molar-refractivity contribution in [3.63, 3.8) is 0 Å². The number of fused-ring (bicyclic) bond motifs is 2. The van der Waals surface area contributed by atoms with Crippen LogP contribution in [0, 0.1) is 16.7 Å². The normalized spacial score (nSPS) is 53.5. The molecular weight excluding hydrogens is 136 g/mol. The number of rotatable bonds is 0. The van der Waals surface area contributed by atoms with Crippen LogP contribution in [0.1, 0.15) is 40.0 Å². The summed E-state index contributed by atoms with van der Waals surface area (Å²) in [6.45, 7) is 6.90. The van der Waals surface area contributed by atoms with Gasteiger partial charge >= 0.3 is 0 Å². The van der Waals surface area contributed by atoms with E-state index in [1.807, 2.05) is 0 Å². The van der Waals surface area contributed by atoms with Crippen molar-refractivity contribution < 1.29 is 5.11 Å². The molecule has 1 unspecified atom stereocenters. The van der Waals surface area contributed by atoms with Gasteiger partial charge in [-0.3, -0.25) is 0 Å². The Morgan fingerprint density at radius 3 is 2.09 bits per heavy atom. The number of aliphatic hydroxyl groups is 1. The van der Waals surface area contributed by atoms with E-state index in [4.69, 9.17) is 0 Å². The molecule has 2 fully saturated rings. The zero-order valence-electron chi connectivity index (χ0n) is 7.72. The van der Waals surface area contributed by atoms with E-state index in [2.05, 4.69) is 20.8 Å². The molecular formula is C10H18O. The topological polar surface area (TPSA) is 20.2 Å². The van der Waals surface area contributed by atoms with Gasteiger partial charge in [-0.15, -0.1) is 0 Å². The Hall–Kier alpha value is -0.0400. The van der Waals surface area contributed by atoms with Crippen LogP contribution in [0.4, 0.5) is 0 Å². The minimum Gasteiger partial charge on any atom is -0.393 e. The van der Waals surface area contributed by atoms with Gasteiger partial charge in [0.1, 0.15) is 0 Å². The molecule has 2 saturated carbocycles. The molecule has 2 rings (SSSR count). The van der Waals surface area contributed by atoms with Crippen molar-refractivity contribution in [2.75, 3.05) is 0 Å². The quantitative estimate of drug-likeness (QED) is 0.567. The average Bonchev–Trinajstić information content (AvgIpc) is 2.20. The summed E-state index contributed by atoms with van der Waals surface area (Å²) in [6, 6.07) is 0. The molecule has 2 aliphatic carbocycles. The van der Waals surface area contributed by atoms with Gasteiger partial charge in [0.05, 0.1) is 6.10 Å². The summed E-state index contributed by atoms with van der Waals surface area (Å²) in [6.07, 6.45) is 3.58. The molecule has 2 bridgehead atoms. The van der Waals surface area contributed by atoms with E-state index in [9.17, 15) is 5.11 Å². The summed E-state index contributed by atoms with van der Waals surface area (Å²) in [7, 11) is 0. The maximum atomic E-state index is 9.81. The van der Waals surface area contributed by atoms with Crippen molar-refractivity contribution in [3.8, 4) is 0 Å². The van der Waals surface area contributed by atoms with Gasteiger partial charge in [-0.2, -0.15) is 0 Å². The van der Waals surface area contributed by atoms with Crippen molar-refractivity contribution >= 4 is 0 Å². The van der Waals surface area contributed by atoms with Crippen LogP contribution in [-0.2, 0) is 0 Å². The molecule has 0 aromatic rings. The molecule has 0 spiro atoms. The number of hydrogen-bond acceptors (Lipinski definition) is 1. The molecule has 0 saturated heterocycles. The number of hydrogen-bond donors (Lipinski definition) is 1.